The summed E-state index contributed by atoms with van der Waals surface area (Å²) >= 11 is 0. The Morgan fingerprint density at radius 3 is 2.24 bits per heavy atom. The fourth-order valence-corrected chi connectivity index (χ4v) is 2.05. The summed E-state index contributed by atoms with van der Waals surface area (Å²) in [5, 5.41) is 0. The van der Waals surface area contributed by atoms with Crippen molar-refractivity contribution < 1.29 is 9.53 Å². The van der Waals surface area contributed by atoms with Gasteiger partial charge in [0.25, 0.3) is 0 Å². The van der Waals surface area contributed by atoms with Crippen LogP contribution in [0.1, 0.15) is 84.0 Å². The Morgan fingerprint density at radius 1 is 0.905 bits per heavy atom. The maximum Gasteiger partial charge on any atom is 0.306 e. The first kappa shape index (κ1) is 19.8. The van der Waals surface area contributed by atoms with Crippen LogP contribution >= 0.6 is 0 Å². The number of carbonyl (C=O) groups is 1. The highest BCUT2D eigenvalue weighted by atomic mass is 16.5. The summed E-state index contributed by atoms with van der Waals surface area (Å²) in [4.78, 5) is 10.8. The lowest BCUT2D eigenvalue weighted by Crippen LogP contribution is -1.98. The Kier molecular flexibility index (Phi) is 15.8. The van der Waals surface area contributed by atoms with Crippen molar-refractivity contribution in [2.24, 2.45) is 0 Å². The summed E-state index contributed by atoms with van der Waals surface area (Å²) in [7, 11) is 1.41. The zero-order valence-electron chi connectivity index (χ0n) is 14.0. The largest absolute Gasteiger partial charge is 0.469 e. The Balaban J connectivity index is 3.26. The number of unbranched alkanes of at least 4 members (excludes halogenated alkanes) is 8. The summed E-state index contributed by atoms with van der Waals surface area (Å²) in [5.41, 5.74) is 0. The highest BCUT2D eigenvalue weighted by molar-refractivity contribution is 5.69. The highest BCUT2D eigenvalue weighted by Crippen LogP contribution is 2.08. The molecule has 21 heavy (non-hydrogen) atoms. The van der Waals surface area contributed by atoms with Crippen molar-refractivity contribution in [2.45, 2.75) is 84.0 Å². The topological polar surface area (TPSA) is 26.3 Å². The van der Waals surface area contributed by atoms with Gasteiger partial charge in [-0.1, -0.05) is 57.6 Å². The quantitative estimate of drug-likeness (QED) is 0.208. The average molecular weight is 292 g/mol. The molecule has 0 saturated heterocycles. The Hall–Kier alpha value is -1.23. The molecule has 0 aromatic rings. The van der Waals surface area contributed by atoms with Crippen LogP contribution in [-0.2, 0) is 9.53 Å². The van der Waals surface area contributed by atoms with Crippen molar-refractivity contribution in [3.05, 3.63) is 12.2 Å². The summed E-state index contributed by atoms with van der Waals surface area (Å²) < 4.78 is 4.55. The summed E-state index contributed by atoms with van der Waals surface area (Å²) in [6.45, 7) is 2.26. The zero-order valence-corrected chi connectivity index (χ0v) is 14.0. The van der Waals surface area contributed by atoms with Crippen molar-refractivity contribution in [1.29, 1.82) is 0 Å². The first-order chi connectivity index (χ1) is 10.3. The molecule has 120 valence electrons. The molecule has 0 aromatic heterocycles. The smallest absolute Gasteiger partial charge is 0.306 e. The molecule has 0 aliphatic rings. The highest BCUT2D eigenvalue weighted by Gasteiger charge is 1.95. The molecular weight excluding hydrogens is 260 g/mol. The van der Waals surface area contributed by atoms with Crippen molar-refractivity contribution in [1.82, 2.24) is 0 Å². The van der Waals surface area contributed by atoms with Gasteiger partial charge in [-0.3, -0.25) is 4.79 Å². The second-order valence-corrected chi connectivity index (χ2v) is 5.35. The van der Waals surface area contributed by atoms with Crippen LogP contribution in [0, 0.1) is 11.8 Å². The average Bonchev–Trinajstić information content (AvgIpc) is 2.50. The minimum absolute atomic E-state index is 0.182. The molecule has 0 radical (unpaired) electrons. The predicted molar refractivity (Wildman–Crippen MR) is 90.0 cm³/mol. The van der Waals surface area contributed by atoms with Crippen molar-refractivity contribution in [3.63, 3.8) is 0 Å². The van der Waals surface area contributed by atoms with E-state index in [-0.39, 0.29) is 5.97 Å². The number of esters is 1. The first-order valence-corrected chi connectivity index (χ1v) is 8.48. The summed E-state index contributed by atoms with van der Waals surface area (Å²) in [5.74, 6) is 5.91. The molecule has 0 bridgehead atoms. The van der Waals surface area contributed by atoms with Crippen LogP contribution in [0.4, 0.5) is 0 Å². The van der Waals surface area contributed by atoms with Crippen LogP contribution in [0.3, 0.4) is 0 Å². The van der Waals surface area contributed by atoms with E-state index in [4.69, 9.17) is 0 Å². The van der Waals surface area contributed by atoms with E-state index >= 15 is 0 Å². The third-order valence-electron chi connectivity index (χ3n) is 3.38. The number of rotatable bonds is 12. The molecule has 0 unspecified atom stereocenters. The molecular formula is C19H32O2. The molecule has 0 aliphatic carbocycles. The van der Waals surface area contributed by atoms with Gasteiger partial charge in [-0.05, 0) is 19.3 Å². The van der Waals surface area contributed by atoms with Crippen LogP contribution in [0.25, 0.3) is 0 Å². The molecule has 0 amide bonds. The summed E-state index contributed by atoms with van der Waals surface area (Å²) in [6, 6.07) is 0. The normalized spacial score (nSPS) is 10.4. The molecule has 0 aliphatic heterocycles. The zero-order chi connectivity index (χ0) is 15.6. The van der Waals surface area contributed by atoms with Gasteiger partial charge in [0.15, 0.2) is 0 Å². The molecule has 0 aromatic carbocycles. The van der Waals surface area contributed by atoms with E-state index < -0.39 is 0 Å². The third-order valence-corrected chi connectivity index (χ3v) is 3.38. The van der Waals surface area contributed by atoms with E-state index in [0.717, 1.165) is 12.8 Å². The van der Waals surface area contributed by atoms with Crippen LogP contribution in [-0.4, -0.2) is 13.1 Å². The predicted octanol–water partition coefficient (Wildman–Crippen LogP) is 5.42. The van der Waals surface area contributed by atoms with Gasteiger partial charge >= 0.3 is 5.97 Å². The van der Waals surface area contributed by atoms with E-state index in [1.807, 2.05) is 0 Å². The molecule has 0 atom stereocenters. The first-order valence-electron chi connectivity index (χ1n) is 8.48. The van der Waals surface area contributed by atoms with Crippen LogP contribution in [0.5, 0.6) is 0 Å². The van der Waals surface area contributed by atoms with E-state index in [0.29, 0.717) is 12.8 Å². The molecule has 2 nitrogen and oxygen atoms in total. The van der Waals surface area contributed by atoms with Gasteiger partial charge in [-0.25, -0.2) is 0 Å². The van der Waals surface area contributed by atoms with Gasteiger partial charge in [0.05, 0.1) is 13.5 Å². The van der Waals surface area contributed by atoms with Gasteiger partial charge in [0.1, 0.15) is 0 Å². The molecule has 0 spiro atoms. The molecule has 0 heterocycles. The van der Waals surface area contributed by atoms with Crippen LogP contribution in [0.15, 0.2) is 12.2 Å². The lowest BCUT2D eigenvalue weighted by molar-refractivity contribution is -0.140. The number of ether oxygens (including phenoxy) is 1. The number of methoxy groups -OCH3 is 1. The van der Waals surface area contributed by atoms with Crippen molar-refractivity contribution in [2.75, 3.05) is 7.11 Å². The number of carbonyl (C=O) groups excluding carboxylic acids is 1. The second kappa shape index (κ2) is 16.8. The maximum absolute atomic E-state index is 10.8. The minimum atomic E-state index is -0.182. The number of allylic oxidation sites excluding steroid dienone is 2. The van der Waals surface area contributed by atoms with Gasteiger partial charge < -0.3 is 4.74 Å². The molecule has 0 N–H and O–H groups in total. The van der Waals surface area contributed by atoms with Gasteiger partial charge in [-0.2, -0.15) is 0 Å². The Morgan fingerprint density at radius 2 is 1.52 bits per heavy atom. The minimum Gasteiger partial charge on any atom is -0.469 e. The van der Waals surface area contributed by atoms with Gasteiger partial charge in [0.2, 0.25) is 0 Å². The maximum atomic E-state index is 10.8. The fourth-order valence-electron chi connectivity index (χ4n) is 2.05. The van der Waals surface area contributed by atoms with Crippen LogP contribution < -0.4 is 0 Å². The van der Waals surface area contributed by atoms with Gasteiger partial charge in [-0.15, -0.1) is 11.8 Å². The SMILES string of the molecule is CCCCCCCCCC=CCCC#CCCC(=O)OC. The van der Waals surface area contributed by atoms with Gasteiger partial charge in [0, 0.05) is 12.8 Å². The van der Waals surface area contributed by atoms with E-state index in [1.54, 1.807) is 0 Å². The Bertz CT molecular complexity index is 320. The molecule has 0 rings (SSSR count). The van der Waals surface area contributed by atoms with E-state index in [2.05, 4.69) is 35.7 Å². The van der Waals surface area contributed by atoms with Crippen molar-refractivity contribution >= 4 is 5.97 Å². The lowest BCUT2D eigenvalue weighted by Gasteiger charge is -1.98. The van der Waals surface area contributed by atoms with E-state index in [9.17, 15) is 4.79 Å². The number of hydrogen-bond acceptors (Lipinski definition) is 2. The standard InChI is InChI=1S/C19H32O2/c1-3-4-5-6-7-8-9-10-11-12-13-14-15-16-17-18-19(20)21-2/h11-12H,3-10,13-14,17-18H2,1-2H3. The molecule has 0 saturated carbocycles. The van der Waals surface area contributed by atoms with E-state index in [1.165, 1.54) is 58.5 Å². The third kappa shape index (κ3) is 16.7. The van der Waals surface area contributed by atoms with Crippen molar-refractivity contribution in [3.8, 4) is 11.8 Å². The fraction of sp³-hybridized carbons (Fsp3) is 0.737. The number of hydrogen-bond donors (Lipinski definition) is 0. The lowest BCUT2D eigenvalue weighted by atomic mass is 10.1. The second-order valence-electron chi connectivity index (χ2n) is 5.35. The Labute approximate surface area is 131 Å². The molecule has 0 fully saturated rings. The summed E-state index contributed by atoms with van der Waals surface area (Å²) in [6.07, 6.45) is 18.2. The molecule has 2 heteroatoms. The van der Waals surface area contributed by atoms with Crippen LogP contribution in [0.2, 0.25) is 0 Å². The monoisotopic (exact) mass is 292 g/mol.